The quantitative estimate of drug-likeness (QED) is 0.819. The van der Waals surface area contributed by atoms with Crippen molar-refractivity contribution in [1.29, 1.82) is 0 Å². The summed E-state index contributed by atoms with van der Waals surface area (Å²) < 4.78 is 6.55. The molecule has 3 nitrogen and oxygen atoms in total. The van der Waals surface area contributed by atoms with Crippen LogP contribution in [0.5, 0.6) is 5.75 Å². The third-order valence-electron chi connectivity index (χ3n) is 3.40. The van der Waals surface area contributed by atoms with Crippen LogP contribution in [0.25, 0.3) is 0 Å². The van der Waals surface area contributed by atoms with Gasteiger partial charge < -0.3 is 9.64 Å². The molecule has 0 bridgehead atoms. The third kappa shape index (κ3) is 3.22. The number of anilines is 1. The lowest BCUT2D eigenvalue weighted by Crippen LogP contribution is -2.33. The fourth-order valence-electron chi connectivity index (χ4n) is 2.41. The Hall–Kier alpha value is -1.52. The van der Waals surface area contributed by atoms with Crippen LogP contribution >= 0.6 is 27.5 Å². The fraction of sp³-hybridized carbons (Fsp3) is 0.188. The third-order valence-corrected chi connectivity index (χ3v) is 4.12. The van der Waals surface area contributed by atoms with Crippen LogP contribution in [0.15, 0.2) is 46.9 Å². The molecule has 1 amide bonds. The molecule has 0 N–H and O–H groups in total. The predicted molar refractivity (Wildman–Crippen MR) is 87.1 cm³/mol. The van der Waals surface area contributed by atoms with E-state index in [0.717, 1.165) is 16.6 Å². The summed E-state index contributed by atoms with van der Waals surface area (Å²) in [4.78, 5) is 14.1. The molecular formula is C16H13BrClNO2. The van der Waals surface area contributed by atoms with E-state index in [1.165, 1.54) is 5.56 Å². The van der Waals surface area contributed by atoms with Crippen LogP contribution in [0.4, 0.5) is 5.69 Å². The molecule has 1 aliphatic heterocycles. The number of hydrogen-bond acceptors (Lipinski definition) is 2. The van der Waals surface area contributed by atoms with Gasteiger partial charge in [0.1, 0.15) is 5.75 Å². The molecule has 108 valence electrons. The van der Waals surface area contributed by atoms with Gasteiger partial charge in [0.05, 0.1) is 0 Å². The van der Waals surface area contributed by atoms with E-state index in [1.54, 1.807) is 29.2 Å². The number of fused-ring (bicyclic) bond motifs is 1. The van der Waals surface area contributed by atoms with Crippen molar-refractivity contribution >= 4 is 39.1 Å². The van der Waals surface area contributed by atoms with Crippen LogP contribution in [0.3, 0.4) is 0 Å². The van der Waals surface area contributed by atoms with Gasteiger partial charge in [0.25, 0.3) is 5.91 Å². The van der Waals surface area contributed by atoms with Gasteiger partial charge in [-0.2, -0.15) is 0 Å². The molecule has 21 heavy (non-hydrogen) atoms. The Kier molecular flexibility index (Phi) is 4.17. The zero-order valence-corrected chi connectivity index (χ0v) is 13.5. The van der Waals surface area contributed by atoms with E-state index in [-0.39, 0.29) is 12.5 Å². The van der Waals surface area contributed by atoms with Crippen molar-refractivity contribution in [3.8, 4) is 5.75 Å². The van der Waals surface area contributed by atoms with Gasteiger partial charge in [-0.05, 0) is 48.4 Å². The Bertz CT molecular complexity index is 690. The molecule has 5 heteroatoms. The second-order valence-corrected chi connectivity index (χ2v) is 6.17. The summed E-state index contributed by atoms with van der Waals surface area (Å²) in [6, 6.07) is 13.0. The second kappa shape index (κ2) is 6.08. The SMILES string of the molecule is O=C(COc1cccc(Cl)c1)N1CCc2cc(Br)ccc21. The van der Waals surface area contributed by atoms with Crippen LogP contribution in [0.2, 0.25) is 5.02 Å². The normalized spacial score (nSPS) is 13.1. The van der Waals surface area contributed by atoms with E-state index in [9.17, 15) is 4.79 Å². The Morgan fingerprint density at radius 2 is 2.14 bits per heavy atom. The summed E-state index contributed by atoms with van der Waals surface area (Å²) in [5.41, 5.74) is 2.15. The highest BCUT2D eigenvalue weighted by Gasteiger charge is 2.24. The summed E-state index contributed by atoms with van der Waals surface area (Å²) in [5, 5.41) is 0.594. The van der Waals surface area contributed by atoms with Gasteiger partial charge in [-0.1, -0.05) is 33.6 Å². The number of halogens is 2. The van der Waals surface area contributed by atoms with Crippen molar-refractivity contribution in [3.05, 3.63) is 57.5 Å². The molecule has 0 unspecified atom stereocenters. The van der Waals surface area contributed by atoms with E-state index >= 15 is 0 Å². The molecule has 0 fully saturated rings. The lowest BCUT2D eigenvalue weighted by Gasteiger charge is -2.17. The number of nitrogens with zero attached hydrogens (tertiary/aromatic N) is 1. The van der Waals surface area contributed by atoms with Gasteiger partial charge in [0, 0.05) is 21.7 Å². The van der Waals surface area contributed by atoms with Crippen molar-refractivity contribution in [1.82, 2.24) is 0 Å². The van der Waals surface area contributed by atoms with Gasteiger partial charge in [-0.3, -0.25) is 4.79 Å². The minimum atomic E-state index is -0.0453. The maximum Gasteiger partial charge on any atom is 0.264 e. The van der Waals surface area contributed by atoms with Gasteiger partial charge in [-0.25, -0.2) is 0 Å². The monoisotopic (exact) mass is 365 g/mol. The standard InChI is InChI=1S/C16H13BrClNO2/c17-12-4-5-15-11(8-12)6-7-19(15)16(20)10-21-14-3-1-2-13(18)9-14/h1-5,8-9H,6-7,10H2. The summed E-state index contributed by atoms with van der Waals surface area (Å²) >= 11 is 9.34. The Morgan fingerprint density at radius 1 is 1.29 bits per heavy atom. The molecule has 0 radical (unpaired) electrons. The van der Waals surface area contributed by atoms with Crippen molar-refractivity contribution < 1.29 is 9.53 Å². The van der Waals surface area contributed by atoms with Gasteiger partial charge >= 0.3 is 0 Å². The molecular weight excluding hydrogens is 354 g/mol. The predicted octanol–water partition coefficient (Wildman–Crippen LogP) is 4.07. The minimum Gasteiger partial charge on any atom is -0.484 e. The topological polar surface area (TPSA) is 29.5 Å². The van der Waals surface area contributed by atoms with E-state index in [2.05, 4.69) is 22.0 Å². The molecule has 0 saturated carbocycles. The van der Waals surface area contributed by atoms with Crippen molar-refractivity contribution in [2.24, 2.45) is 0 Å². The van der Waals surface area contributed by atoms with Gasteiger partial charge in [-0.15, -0.1) is 0 Å². The van der Waals surface area contributed by atoms with Crippen LogP contribution in [0.1, 0.15) is 5.56 Å². The van der Waals surface area contributed by atoms with E-state index in [0.29, 0.717) is 17.3 Å². The number of carbonyl (C=O) groups excluding carboxylic acids is 1. The van der Waals surface area contributed by atoms with Crippen molar-refractivity contribution in [2.45, 2.75) is 6.42 Å². The first kappa shape index (κ1) is 14.4. The summed E-state index contributed by atoms with van der Waals surface area (Å²) in [5.74, 6) is 0.558. The fourth-order valence-corrected chi connectivity index (χ4v) is 3.00. The molecule has 0 saturated heterocycles. The summed E-state index contributed by atoms with van der Waals surface area (Å²) in [6.45, 7) is 0.708. The lowest BCUT2D eigenvalue weighted by molar-refractivity contribution is -0.120. The molecule has 1 aliphatic rings. The highest BCUT2D eigenvalue weighted by molar-refractivity contribution is 9.10. The second-order valence-electron chi connectivity index (χ2n) is 4.81. The average molecular weight is 367 g/mol. The first-order valence-electron chi connectivity index (χ1n) is 6.60. The summed E-state index contributed by atoms with van der Waals surface area (Å²) in [6.07, 6.45) is 0.873. The van der Waals surface area contributed by atoms with E-state index < -0.39 is 0 Å². The summed E-state index contributed by atoms with van der Waals surface area (Å²) in [7, 11) is 0. The van der Waals surface area contributed by atoms with Gasteiger partial charge in [0.2, 0.25) is 0 Å². The van der Waals surface area contributed by atoms with Gasteiger partial charge in [0.15, 0.2) is 6.61 Å². The molecule has 1 heterocycles. The number of carbonyl (C=O) groups is 1. The zero-order valence-electron chi connectivity index (χ0n) is 11.2. The maximum absolute atomic E-state index is 12.3. The number of ether oxygens (including phenoxy) is 1. The zero-order chi connectivity index (χ0) is 14.8. The molecule has 0 atom stereocenters. The number of amides is 1. The first-order valence-corrected chi connectivity index (χ1v) is 7.78. The average Bonchev–Trinajstić information content (AvgIpc) is 2.88. The molecule has 2 aromatic rings. The number of benzene rings is 2. The minimum absolute atomic E-state index is 0.00977. The van der Waals surface area contributed by atoms with Crippen LogP contribution in [-0.2, 0) is 11.2 Å². The Labute approximate surface area is 136 Å². The highest BCUT2D eigenvalue weighted by atomic mass is 79.9. The van der Waals surface area contributed by atoms with E-state index in [4.69, 9.17) is 16.3 Å². The first-order chi connectivity index (χ1) is 10.1. The molecule has 0 spiro atoms. The molecule has 3 rings (SSSR count). The van der Waals surface area contributed by atoms with Crippen LogP contribution in [0, 0.1) is 0 Å². The largest absolute Gasteiger partial charge is 0.484 e. The highest BCUT2D eigenvalue weighted by Crippen LogP contribution is 2.30. The molecule has 0 aliphatic carbocycles. The number of rotatable bonds is 3. The van der Waals surface area contributed by atoms with Crippen molar-refractivity contribution in [2.75, 3.05) is 18.1 Å². The van der Waals surface area contributed by atoms with Crippen LogP contribution < -0.4 is 9.64 Å². The molecule has 0 aromatic heterocycles. The number of hydrogen-bond donors (Lipinski definition) is 0. The Morgan fingerprint density at radius 3 is 2.95 bits per heavy atom. The Balaban J connectivity index is 1.68. The van der Waals surface area contributed by atoms with E-state index in [1.807, 2.05) is 12.1 Å². The van der Waals surface area contributed by atoms with Crippen molar-refractivity contribution in [3.63, 3.8) is 0 Å². The maximum atomic E-state index is 12.3. The molecule has 2 aromatic carbocycles. The lowest BCUT2D eigenvalue weighted by atomic mass is 10.2. The van der Waals surface area contributed by atoms with Crippen LogP contribution in [-0.4, -0.2) is 19.1 Å². The smallest absolute Gasteiger partial charge is 0.264 e.